The Balaban J connectivity index is 1.55. The van der Waals surface area contributed by atoms with Crippen LogP contribution in [0.3, 0.4) is 0 Å². The van der Waals surface area contributed by atoms with E-state index in [4.69, 9.17) is 10.8 Å². The van der Waals surface area contributed by atoms with E-state index in [0.29, 0.717) is 16.1 Å². The number of ether oxygens (including phenoxy) is 2. The van der Waals surface area contributed by atoms with Gasteiger partial charge >= 0.3 is 5.69 Å². The summed E-state index contributed by atoms with van der Waals surface area (Å²) >= 11 is 1.32. The molecular weight excluding hydrogens is 408 g/mol. The summed E-state index contributed by atoms with van der Waals surface area (Å²) in [7, 11) is 0. The monoisotopic (exact) mass is 427 g/mol. The number of carbonyl (C=O) groups is 1. The summed E-state index contributed by atoms with van der Waals surface area (Å²) in [6.07, 6.45) is 0.343. The van der Waals surface area contributed by atoms with Gasteiger partial charge < -0.3 is 19.9 Å². The van der Waals surface area contributed by atoms with Gasteiger partial charge in [-0.15, -0.1) is 11.3 Å². The number of nitrogens with zero attached hydrogens (tertiary/aromatic N) is 3. The molecule has 2 saturated heterocycles. The number of carbonyl (C=O) groups excluding carboxylic acids is 1. The molecule has 2 fully saturated rings. The molecule has 154 valence electrons. The van der Waals surface area contributed by atoms with Crippen LogP contribution in [0, 0.1) is 0 Å². The summed E-state index contributed by atoms with van der Waals surface area (Å²) in [5.41, 5.74) is -1.00. The van der Waals surface area contributed by atoms with Crippen molar-refractivity contribution >= 4 is 23.1 Å². The molecule has 0 radical (unpaired) electrons. The van der Waals surface area contributed by atoms with Crippen LogP contribution in [-0.4, -0.2) is 50.0 Å². The predicted molar refractivity (Wildman–Crippen MR) is 108 cm³/mol. The van der Waals surface area contributed by atoms with Gasteiger partial charge in [0.05, 0.1) is 12.2 Å². The number of aromatic nitrogens is 3. The molecule has 2 aliphatic rings. The molecule has 30 heavy (non-hydrogen) atoms. The van der Waals surface area contributed by atoms with Crippen LogP contribution in [0.15, 0.2) is 52.9 Å². The van der Waals surface area contributed by atoms with Gasteiger partial charge in [-0.3, -0.25) is 9.36 Å². The molecule has 2 aliphatic heterocycles. The molecule has 0 saturated carbocycles. The average Bonchev–Trinajstić information content (AvgIpc) is 3.50. The number of anilines is 1. The van der Waals surface area contributed by atoms with E-state index in [1.54, 1.807) is 41.9 Å². The second-order valence-corrected chi connectivity index (χ2v) is 8.04. The lowest BCUT2D eigenvalue weighted by atomic mass is 10.0. The Hall–Kier alpha value is -2.92. The van der Waals surface area contributed by atoms with Gasteiger partial charge in [0.2, 0.25) is 0 Å². The van der Waals surface area contributed by atoms with Gasteiger partial charge in [0, 0.05) is 24.7 Å². The molecule has 2 aromatic heterocycles. The molecule has 1 amide bonds. The average molecular weight is 427 g/mol. The number of fused-ring (bicyclic) bond motifs is 2. The van der Waals surface area contributed by atoms with Gasteiger partial charge in [0.25, 0.3) is 5.91 Å². The molecule has 0 spiro atoms. The van der Waals surface area contributed by atoms with Crippen molar-refractivity contribution in [2.24, 2.45) is 0 Å². The Morgan fingerprint density at radius 3 is 2.97 bits per heavy atom. The Kier molecular flexibility index (Phi) is 4.23. The molecule has 2 N–H and O–H groups in total. The number of aliphatic hydroxyl groups is 1. The topological polar surface area (TPSA) is 116 Å². The van der Waals surface area contributed by atoms with Crippen LogP contribution >= 0.6 is 11.3 Å². The summed E-state index contributed by atoms with van der Waals surface area (Å²) in [4.78, 5) is 33.9. The van der Waals surface area contributed by atoms with E-state index in [1.165, 1.54) is 22.1 Å². The first-order valence-corrected chi connectivity index (χ1v) is 10.1. The van der Waals surface area contributed by atoms with Crippen molar-refractivity contribution in [3.05, 3.63) is 64.2 Å². The molecule has 2 bridgehead atoms. The summed E-state index contributed by atoms with van der Waals surface area (Å²) in [5.74, 6) is -0.337. The first-order valence-electron chi connectivity index (χ1n) is 9.89. The van der Waals surface area contributed by atoms with E-state index >= 15 is 0 Å². The standard InChI is InChI=1S/C20H18N4O5S/c1-20-10-28-13(14(20)25)18(29-20)24-9-12(17-21-7-8-30-17)15(23-19(24)27)22-16(26)11-5-3-2-4-6-11/h2-9,13-14,18,25H,10H2,1H3,(H,22,23,26,27)/t13-,14+,18-,20+/m1/s1/i1D. The molecule has 0 unspecified atom stereocenters. The lowest BCUT2D eigenvalue weighted by Gasteiger charge is -2.28. The summed E-state index contributed by atoms with van der Waals surface area (Å²) in [5, 5.41) is 15.5. The Morgan fingerprint density at radius 1 is 1.43 bits per heavy atom. The van der Waals surface area contributed by atoms with Gasteiger partial charge in [-0.05, 0) is 19.0 Å². The van der Waals surface area contributed by atoms with Gasteiger partial charge in [-0.2, -0.15) is 4.98 Å². The third-order valence-electron chi connectivity index (χ3n) is 5.16. The highest BCUT2D eigenvalue weighted by molar-refractivity contribution is 7.13. The quantitative estimate of drug-likeness (QED) is 0.651. The highest BCUT2D eigenvalue weighted by Crippen LogP contribution is 2.44. The van der Waals surface area contributed by atoms with Crippen molar-refractivity contribution in [3.63, 3.8) is 0 Å². The smallest absolute Gasteiger partial charge is 0.351 e. The Morgan fingerprint density at radius 2 is 2.27 bits per heavy atom. The SMILES string of the molecule is [2H]C[C@@]12CO[C@@H]([C@H](n3cc(-c4nccs4)c(NC(=O)c4ccccc4)nc3=O)O1)[C@@H]2O. The van der Waals surface area contributed by atoms with Crippen LogP contribution in [0.2, 0.25) is 0 Å². The maximum atomic E-state index is 12.9. The summed E-state index contributed by atoms with van der Waals surface area (Å²) in [6.45, 7) is -0.112. The van der Waals surface area contributed by atoms with E-state index < -0.39 is 35.6 Å². The van der Waals surface area contributed by atoms with Crippen LogP contribution in [0.1, 0.15) is 24.9 Å². The van der Waals surface area contributed by atoms with Crippen LogP contribution in [-0.2, 0) is 9.47 Å². The van der Waals surface area contributed by atoms with Crippen LogP contribution in [0.25, 0.3) is 10.6 Å². The maximum absolute atomic E-state index is 12.9. The first-order chi connectivity index (χ1) is 15.0. The van der Waals surface area contributed by atoms with Crippen LogP contribution in [0.4, 0.5) is 5.82 Å². The highest BCUT2D eigenvalue weighted by atomic mass is 32.1. The number of thiazole rings is 1. The van der Waals surface area contributed by atoms with E-state index in [-0.39, 0.29) is 19.3 Å². The van der Waals surface area contributed by atoms with Gasteiger partial charge in [-0.1, -0.05) is 18.2 Å². The maximum Gasteiger partial charge on any atom is 0.351 e. The van der Waals surface area contributed by atoms with E-state index in [9.17, 15) is 14.7 Å². The minimum Gasteiger partial charge on any atom is -0.387 e. The number of benzene rings is 1. The lowest BCUT2D eigenvalue weighted by molar-refractivity contribution is -0.167. The first kappa shape index (κ1) is 17.9. The zero-order valence-electron chi connectivity index (χ0n) is 16.6. The summed E-state index contributed by atoms with van der Waals surface area (Å²) in [6, 6.07) is 8.58. The number of hydrogen-bond acceptors (Lipinski definition) is 8. The normalized spacial score (nSPS) is 27.8. The van der Waals surface area contributed by atoms with Crippen LogP contribution < -0.4 is 11.0 Å². The lowest BCUT2D eigenvalue weighted by Crippen LogP contribution is -2.38. The van der Waals surface area contributed by atoms with E-state index in [2.05, 4.69) is 15.3 Å². The molecular formula is C20H18N4O5S. The minimum atomic E-state index is -1.17. The molecule has 10 heteroatoms. The van der Waals surface area contributed by atoms with Crippen molar-refractivity contribution < 1.29 is 20.7 Å². The molecule has 4 heterocycles. The number of amides is 1. The van der Waals surface area contributed by atoms with Crippen molar-refractivity contribution in [1.29, 1.82) is 0 Å². The molecule has 4 atom stereocenters. The van der Waals surface area contributed by atoms with Crippen molar-refractivity contribution in [3.8, 4) is 10.6 Å². The van der Waals surface area contributed by atoms with Crippen molar-refractivity contribution in [2.45, 2.75) is 30.9 Å². The zero-order valence-corrected chi connectivity index (χ0v) is 16.4. The molecule has 3 aromatic rings. The van der Waals surface area contributed by atoms with Gasteiger partial charge in [-0.25, -0.2) is 9.78 Å². The van der Waals surface area contributed by atoms with Crippen molar-refractivity contribution in [1.82, 2.24) is 14.5 Å². The van der Waals surface area contributed by atoms with Crippen molar-refractivity contribution in [2.75, 3.05) is 11.9 Å². The van der Waals surface area contributed by atoms with Crippen LogP contribution in [0.5, 0.6) is 0 Å². The molecule has 0 aliphatic carbocycles. The molecule has 5 rings (SSSR count). The highest BCUT2D eigenvalue weighted by Gasteiger charge is 2.59. The second kappa shape index (κ2) is 7.10. The fourth-order valence-corrected chi connectivity index (χ4v) is 4.26. The fraction of sp³-hybridized carbons (Fsp3) is 0.300. The summed E-state index contributed by atoms with van der Waals surface area (Å²) < 4.78 is 20.5. The largest absolute Gasteiger partial charge is 0.387 e. The Labute approximate surface area is 176 Å². The zero-order chi connectivity index (χ0) is 21.6. The second-order valence-electron chi connectivity index (χ2n) is 7.14. The third-order valence-corrected chi connectivity index (χ3v) is 5.97. The number of hydrogen-bond donors (Lipinski definition) is 2. The predicted octanol–water partition coefficient (Wildman–Crippen LogP) is 1.67. The van der Waals surface area contributed by atoms with E-state index in [1.807, 2.05) is 0 Å². The number of rotatable bonds is 4. The number of nitrogens with one attached hydrogen (secondary N) is 1. The Bertz CT molecular complexity index is 1170. The van der Waals surface area contributed by atoms with Gasteiger partial charge in [0.1, 0.15) is 22.8 Å². The third kappa shape index (κ3) is 3.05. The molecule has 1 aromatic carbocycles. The molecule has 9 nitrogen and oxygen atoms in total. The van der Waals surface area contributed by atoms with Gasteiger partial charge in [0.15, 0.2) is 12.0 Å². The minimum absolute atomic E-state index is 0.0740. The number of aliphatic hydroxyl groups excluding tert-OH is 1. The fourth-order valence-electron chi connectivity index (χ4n) is 3.61. The van der Waals surface area contributed by atoms with E-state index in [0.717, 1.165) is 0 Å².